The third-order valence-electron chi connectivity index (χ3n) is 5.49. The van der Waals surface area contributed by atoms with Gasteiger partial charge in [0.2, 0.25) is 0 Å². The van der Waals surface area contributed by atoms with Gasteiger partial charge in [0.15, 0.2) is 5.65 Å². The number of anilines is 1. The molecule has 0 aliphatic heterocycles. The summed E-state index contributed by atoms with van der Waals surface area (Å²) in [4.78, 5) is 19.5. The topological polar surface area (TPSA) is 95.6 Å². The minimum absolute atomic E-state index is 0.107. The van der Waals surface area contributed by atoms with E-state index in [1.54, 1.807) is 17.1 Å². The van der Waals surface area contributed by atoms with E-state index >= 15 is 0 Å². The highest BCUT2D eigenvalue weighted by Gasteiger charge is 2.22. The van der Waals surface area contributed by atoms with Crippen molar-refractivity contribution >= 4 is 50.3 Å². The predicted molar refractivity (Wildman–Crippen MR) is 136 cm³/mol. The van der Waals surface area contributed by atoms with Crippen LogP contribution in [0.25, 0.3) is 26.8 Å². The highest BCUT2D eigenvalue weighted by Crippen LogP contribution is 2.41. The Morgan fingerprint density at radius 3 is 2.59 bits per heavy atom. The fourth-order valence-electron chi connectivity index (χ4n) is 3.74. The summed E-state index contributed by atoms with van der Waals surface area (Å²) >= 11 is 1.20. The number of carbonyl (C=O) groups excluding carboxylic acids is 1. The molecule has 0 saturated heterocycles. The number of rotatable bonds is 5. The van der Waals surface area contributed by atoms with E-state index in [0.717, 1.165) is 32.7 Å². The quantitative estimate of drug-likeness (QED) is 0.292. The lowest BCUT2D eigenvalue weighted by atomic mass is 10.2. The van der Waals surface area contributed by atoms with Gasteiger partial charge in [0.1, 0.15) is 10.6 Å². The van der Waals surface area contributed by atoms with Gasteiger partial charge in [0, 0.05) is 26.0 Å². The molecule has 1 amide bonds. The normalized spacial score (nSPS) is 11.5. The van der Waals surface area contributed by atoms with Crippen molar-refractivity contribution in [2.24, 2.45) is 5.10 Å². The number of aryl methyl sites for hydroxylation is 1. The molecule has 2 N–H and O–H groups in total. The van der Waals surface area contributed by atoms with Crippen LogP contribution in [-0.4, -0.2) is 46.1 Å². The van der Waals surface area contributed by atoms with Crippen LogP contribution in [0, 0.1) is 6.92 Å². The lowest BCUT2D eigenvalue weighted by Gasteiger charge is -2.11. The summed E-state index contributed by atoms with van der Waals surface area (Å²) in [5, 5.41) is 20.8. The van der Waals surface area contributed by atoms with Crippen LogP contribution in [0.1, 0.15) is 20.9 Å². The summed E-state index contributed by atoms with van der Waals surface area (Å²) in [6.45, 7) is 1.89. The van der Waals surface area contributed by atoms with Crippen molar-refractivity contribution in [2.45, 2.75) is 6.92 Å². The number of carbonyl (C=O) groups is 1. The Labute approximate surface area is 199 Å². The number of nitrogens with zero attached hydrogens (tertiary/aromatic N) is 5. The van der Waals surface area contributed by atoms with Crippen molar-refractivity contribution in [3.05, 3.63) is 76.9 Å². The van der Waals surface area contributed by atoms with Gasteiger partial charge in [-0.25, -0.2) is 15.1 Å². The Bertz CT molecular complexity index is 1540. The second-order valence-corrected chi connectivity index (χ2v) is 9.02. The molecule has 0 aliphatic rings. The molecule has 2 aromatic carbocycles. The molecular formula is C25H22N6O2S. The van der Waals surface area contributed by atoms with E-state index in [9.17, 15) is 9.90 Å². The second kappa shape index (κ2) is 8.60. The summed E-state index contributed by atoms with van der Waals surface area (Å²) < 4.78 is 2.53. The van der Waals surface area contributed by atoms with E-state index in [4.69, 9.17) is 0 Å². The van der Waals surface area contributed by atoms with Crippen LogP contribution in [0.15, 0.2) is 65.9 Å². The molecule has 0 unspecified atom stereocenters. The molecule has 8 nitrogen and oxygen atoms in total. The average Bonchev–Trinajstić information content (AvgIpc) is 3.37. The third kappa shape index (κ3) is 3.75. The minimum atomic E-state index is -0.485. The Morgan fingerprint density at radius 2 is 1.88 bits per heavy atom. The van der Waals surface area contributed by atoms with E-state index < -0.39 is 5.91 Å². The van der Waals surface area contributed by atoms with Crippen molar-refractivity contribution < 1.29 is 9.90 Å². The smallest absolute Gasteiger partial charge is 0.285 e. The molecule has 5 aromatic rings. The van der Waals surface area contributed by atoms with Crippen LogP contribution >= 0.6 is 11.3 Å². The number of nitrogens with one attached hydrogen (secondary N) is 1. The first-order valence-electron chi connectivity index (χ1n) is 10.6. The highest BCUT2D eigenvalue weighted by molar-refractivity contribution is 7.22. The average molecular weight is 471 g/mol. The van der Waals surface area contributed by atoms with E-state index in [1.165, 1.54) is 11.3 Å². The third-order valence-corrected chi connectivity index (χ3v) is 6.71. The summed E-state index contributed by atoms with van der Waals surface area (Å²) in [7, 11) is 3.94. The SMILES string of the molecule is Cc1nn(-c2ccccc2)c2ncc3c(O)c(C(=O)N/N=C/c4ccc(N(C)C)cc4)sc3c12. The van der Waals surface area contributed by atoms with Crippen LogP contribution < -0.4 is 10.3 Å². The molecule has 0 bridgehead atoms. The first kappa shape index (κ1) is 21.6. The molecule has 0 radical (unpaired) electrons. The Kier molecular flexibility index (Phi) is 5.46. The van der Waals surface area contributed by atoms with Crippen molar-refractivity contribution in [3.8, 4) is 11.4 Å². The number of hydrogen-bond donors (Lipinski definition) is 2. The number of aromatic hydroxyl groups is 1. The van der Waals surface area contributed by atoms with Crippen LogP contribution in [0.3, 0.4) is 0 Å². The summed E-state index contributed by atoms with van der Waals surface area (Å²) in [6.07, 6.45) is 3.14. The molecule has 0 saturated carbocycles. The number of benzene rings is 2. The number of para-hydroxylation sites is 1. The van der Waals surface area contributed by atoms with Crippen molar-refractivity contribution in [2.75, 3.05) is 19.0 Å². The van der Waals surface area contributed by atoms with E-state index in [1.807, 2.05) is 80.5 Å². The van der Waals surface area contributed by atoms with Crippen molar-refractivity contribution in [1.29, 1.82) is 0 Å². The maximum Gasteiger partial charge on any atom is 0.285 e. The number of hydrogen-bond acceptors (Lipinski definition) is 7. The zero-order chi connectivity index (χ0) is 23.8. The Balaban J connectivity index is 1.46. The number of hydrazone groups is 1. The fraction of sp³-hybridized carbons (Fsp3) is 0.120. The van der Waals surface area contributed by atoms with Crippen LogP contribution in [0.2, 0.25) is 0 Å². The summed E-state index contributed by atoms with van der Waals surface area (Å²) in [5.74, 6) is -0.592. The lowest BCUT2D eigenvalue weighted by Crippen LogP contribution is -2.16. The number of amides is 1. The Morgan fingerprint density at radius 1 is 1.15 bits per heavy atom. The molecule has 3 aromatic heterocycles. The van der Waals surface area contributed by atoms with E-state index in [2.05, 4.69) is 20.6 Å². The van der Waals surface area contributed by atoms with Gasteiger partial charge in [-0.3, -0.25) is 4.79 Å². The lowest BCUT2D eigenvalue weighted by molar-refractivity contribution is 0.0957. The molecule has 170 valence electrons. The first-order chi connectivity index (χ1) is 16.4. The molecule has 0 aliphatic carbocycles. The zero-order valence-electron chi connectivity index (χ0n) is 18.9. The van der Waals surface area contributed by atoms with Crippen molar-refractivity contribution in [1.82, 2.24) is 20.2 Å². The van der Waals surface area contributed by atoms with Gasteiger partial charge in [-0.05, 0) is 36.8 Å². The molecular weight excluding hydrogens is 448 g/mol. The van der Waals surface area contributed by atoms with Crippen molar-refractivity contribution in [3.63, 3.8) is 0 Å². The molecule has 0 atom stereocenters. The van der Waals surface area contributed by atoms with Crippen LogP contribution in [-0.2, 0) is 0 Å². The largest absolute Gasteiger partial charge is 0.506 e. The van der Waals surface area contributed by atoms with Crippen LogP contribution in [0.4, 0.5) is 5.69 Å². The van der Waals surface area contributed by atoms with Gasteiger partial charge in [-0.2, -0.15) is 10.2 Å². The number of aromatic nitrogens is 3. The highest BCUT2D eigenvalue weighted by atomic mass is 32.1. The standard InChI is InChI=1S/C25H22N6O2S/c1-15-20-22-19(14-26-24(20)31(29-15)18-7-5-4-6-8-18)21(32)23(34-22)25(33)28-27-13-16-9-11-17(12-10-16)30(2)3/h4-14,32H,1-3H3,(H,28,33)/b27-13+. The van der Waals surface area contributed by atoms with Gasteiger partial charge in [-0.1, -0.05) is 30.3 Å². The molecule has 5 rings (SSSR count). The van der Waals surface area contributed by atoms with Gasteiger partial charge in [-0.15, -0.1) is 11.3 Å². The molecule has 34 heavy (non-hydrogen) atoms. The first-order valence-corrected chi connectivity index (χ1v) is 11.4. The van der Waals surface area contributed by atoms with Gasteiger partial charge >= 0.3 is 0 Å². The monoisotopic (exact) mass is 470 g/mol. The molecule has 0 fully saturated rings. The molecule has 3 heterocycles. The number of pyridine rings is 1. The zero-order valence-corrected chi connectivity index (χ0v) is 19.7. The van der Waals surface area contributed by atoms with E-state index in [-0.39, 0.29) is 10.6 Å². The second-order valence-electron chi connectivity index (χ2n) is 8.00. The van der Waals surface area contributed by atoms with Gasteiger partial charge in [0.05, 0.1) is 33.1 Å². The fourth-order valence-corrected chi connectivity index (χ4v) is 4.89. The maximum atomic E-state index is 12.8. The van der Waals surface area contributed by atoms with Crippen LogP contribution in [0.5, 0.6) is 5.75 Å². The number of fused-ring (bicyclic) bond motifs is 3. The molecule has 0 spiro atoms. The predicted octanol–water partition coefficient (Wildman–Crippen LogP) is 4.48. The maximum absolute atomic E-state index is 12.8. The number of thiophene rings is 1. The van der Waals surface area contributed by atoms with E-state index in [0.29, 0.717) is 11.0 Å². The molecule has 9 heteroatoms. The summed E-state index contributed by atoms with van der Waals surface area (Å²) in [5.41, 5.74) is 6.76. The summed E-state index contributed by atoms with van der Waals surface area (Å²) in [6, 6.07) is 17.5. The Hall–Kier alpha value is -4.24. The van der Waals surface area contributed by atoms with Gasteiger partial charge < -0.3 is 10.0 Å². The van der Waals surface area contributed by atoms with Gasteiger partial charge in [0.25, 0.3) is 5.91 Å². The minimum Gasteiger partial charge on any atom is -0.506 e.